The van der Waals surface area contributed by atoms with Crippen molar-refractivity contribution in [3.63, 3.8) is 0 Å². The summed E-state index contributed by atoms with van der Waals surface area (Å²) in [6.45, 7) is 0.555. The number of benzene rings is 1. The van der Waals surface area contributed by atoms with Gasteiger partial charge in [0, 0.05) is 19.0 Å². The number of carbonyl (C=O) groups excluding carboxylic acids is 2. The zero-order valence-electron chi connectivity index (χ0n) is 10.2. The van der Waals surface area contributed by atoms with Gasteiger partial charge in [0.1, 0.15) is 17.2 Å². The zero-order chi connectivity index (χ0) is 13.8. The van der Waals surface area contributed by atoms with E-state index in [1.807, 2.05) is 0 Å². The highest BCUT2D eigenvalue weighted by atomic mass is 19.1. The van der Waals surface area contributed by atoms with Crippen LogP contribution < -0.4 is 10.6 Å². The Kier molecular flexibility index (Phi) is 4.09. The van der Waals surface area contributed by atoms with E-state index in [0.717, 1.165) is 18.6 Å². The van der Waals surface area contributed by atoms with Crippen LogP contribution in [0.3, 0.4) is 0 Å². The predicted octanol–water partition coefficient (Wildman–Crippen LogP) is 1.36. The Balaban J connectivity index is 2.10. The first-order chi connectivity index (χ1) is 9.08. The van der Waals surface area contributed by atoms with Gasteiger partial charge in [-0.25, -0.2) is 8.78 Å². The van der Waals surface area contributed by atoms with Gasteiger partial charge < -0.3 is 10.6 Å². The number of nitrogens with one attached hydrogen (secondary N) is 2. The summed E-state index contributed by atoms with van der Waals surface area (Å²) in [6, 6.07) is 2.85. The van der Waals surface area contributed by atoms with Crippen molar-refractivity contribution in [2.24, 2.45) is 0 Å². The number of rotatable bonds is 2. The van der Waals surface area contributed by atoms with E-state index in [9.17, 15) is 18.4 Å². The fraction of sp³-hybridized carbons (Fsp3) is 0.385. The minimum absolute atomic E-state index is 0.127. The van der Waals surface area contributed by atoms with Gasteiger partial charge in [-0.05, 0) is 25.0 Å². The summed E-state index contributed by atoms with van der Waals surface area (Å²) < 4.78 is 26.9. The predicted molar refractivity (Wildman–Crippen MR) is 64.5 cm³/mol. The normalized spacial score (nSPS) is 19.5. The van der Waals surface area contributed by atoms with Crippen LogP contribution in [0.25, 0.3) is 0 Å². The molecule has 19 heavy (non-hydrogen) atoms. The van der Waals surface area contributed by atoms with Crippen LogP contribution in [0.4, 0.5) is 8.78 Å². The van der Waals surface area contributed by atoms with Crippen molar-refractivity contribution in [1.82, 2.24) is 10.6 Å². The number of amides is 2. The molecule has 0 bridgehead atoms. The fourth-order valence-electron chi connectivity index (χ4n) is 2.07. The Morgan fingerprint density at radius 2 is 2.00 bits per heavy atom. The highest BCUT2D eigenvalue weighted by Gasteiger charge is 2.23. The number of hydrogen-bond acceptors (Lipinski definition) is 2. The lowest BCUT2D eigenvalue weighted by atomic mass is 10.1. The molecule has 4 nitrogen and oxygen atoms in total. The molecule has 0 saturated carbocycles. The molecule has 0 radical (unpaired) electrons. The van der Waals surface area contributed by atoms with Gasteiger partial charge in [0.2, 0.25) is 5.91 Å². The molecule has 102 valence electrons. The van der Waals surface area contributed by atoms with Crippen molar-refractivity contribution in [2.75, 3.05) is 6.54 Å². The maximum Gasteiger partial charge on any atom is 0.257 e. The molecule has 1 saturated heterocycles. The molecule has 1 aliphatic heterocycles. The summed E-state index contributed by atoms with van der Waals surface area (Å²) in [4.78, 5) is 23.2. The van der Waals surface area contributed by atoms with Crippen LogP contribution in [0.15, 0.2) is 18.2 Å². The minimum Gasteiger partial charge on any atom is -0.356 e. The maximum atomic E-state index is 13.4. The van der Waals surface area contributed by atoms with Crippen molar-refractivity contribution in [3.05, 3.63) is 35.4 Å². The van der Waals surface area contributed by atoms with Gasteiger partial charge in [0.15, 0.2) is 0 Å². The quantitative estimate of drug-likeness (QED) is 0.851. The molecule has 1 heterocycles. The topological polar surface area (TPSA) is 58.2 Å². The summed E-state index contributed by atoms with van der Waals surface area (Å²) in [5, 5.41) is 5.18. The lowest BCUT2D eigenvalue weighted by molar-refractivity contribution is -0.121. The third-order valence-electron chi connectivity index (χ3n) is 3.01. The average molecular weight is 268 g/mol. The van der Waals surface area contributed by atoms with Gasteiger partial charge in [0.25, 0.3) is 5.91 Å². The second-order valence-electron chi connectivity index (χ2n) is 4.46. The summed E-state index contributed by atoms with van der Waals surface area (Å²) in [7, 11) is 0. The lowest BCUT2D eigenvalue weighted by Gasteiger charge is -2.15. The first-order valence-electron chi connectivity index (χ1n) is 6.09. The van der Waals surface area contributed by atoms with E-state index in [1.165, 1.54) is 6.07 Å². The van der Waals surface area contributed by atoms with Gasteiger partial charge in [-0.2, -0.15) is 0 Å². The summed E-state index contributed by atoms with van der Waals surface area (Å²) in [5.41, 5.74) is -0.604. The Morgan fingerprint density at radius 1 is 1.32 bits per heavy atom. The molecule has 1 atom stereocenters. The van der Waals surface area contributed by atoms with Crippen LogP contribution in [0.5, 0.6) is 0 Å². The van der Waals surface area contributed by atoms with Crippen LogP contribution >= 0.6 is 0 Å². The highest BCUT2D eigenvalue weighted by Crippen LogP contribution is 2.13. The van der Waals surface area contributed by atoms with Crippen molar-refractivity contribution >= 4 is 11.8 Å². The average Bonchev–Trinajstić information content (AvgIpc) is 2.53. The Bertz CT molecular complexity index is 485. The summed E-state index contributed by atoms with van der Waals surface area (Å²) >= 11 is 0. The molecule has 0 aromatic heterocycles. The van der Waals surface area contributed by atoms with Crippen LogP contribution in [0, 0.1) is 11.6 Å². The van der Waals surface area contributed by atoms with Gasteiger partial charge in [-0.15, -0.1) is 0 Å². The molecule has 2 N–H and O–H groups in total. The zero-order valence-corrected chi connectivity index (χ0v) is 10.2. The number of halogens is 2. The Labute approximate surface area is 109 Å². The second-order valence-corrected chi connectivity index (χ2v) is 4.46. The van der Waals surface area contributed by atoms with E-state index in [0.29, 0.717) is 13.0 Å². The van der Waals surface area contributed by atoms with Gasteiger partial charge in [-0.1, -0.05) is 6.07 Å². The molecule has 2 rings (SSSR count). The van der Waals surface area contributed by atoms with Gasteiger partial charge in [0.05, 0.1) is 0 Å². The van der Waals surface area contributed by atoms with Gasteiger partial charge >= 0.3 is 0 Å². The van der Waals surface area contributed by atoms with Crippen molar-refractivity contribution in [2.45, 2.75) is 25.3 Å². The van der Waals surface area contributed by atoms with Crippen molar-refractivity contribution in [3.8, 4) is 0 Å². The van der Waals surface area contributed by atoms with E-state index >= 15 is 0 Å². The Hall–Kier alpha value is -1.98. The molecule has 1 fully saturated rings. The largest absolute Gasteiger partial charge is 0.356 e. The minimum atomic E-state index is -0.907. The number of carbonyl (C=O) groups is 2. The Morgan fingerprint density at radius 3 is 2.68 bits per heavy atom. The fourth-order valence-corrected chi connectivity index (χ4v) is 2.07. The molecule has 1 aromatic rings. The lowest BCUT2D eigenvalue weighted by Crippen LogP contribution is -2.37. The number of hydrogen-bond donors (Lipinski definition) is 2. The van der Waals surface area contributed by atoms with E-state index in [2.05, 4.69) is 10.6 Å². The van der Waals surface area contributed by atoms with E-state index < -0.39 is 29.1 Å². The smallest absolute Gasteiger partial charge is 0.257 e. The highest BCUT2D eigenvalue weighted by molar-refractivity contribution is 5.95. The van der Waals surface area contributed by atoms with Crippen LogP contribution in [0.1, 0.15) is 29.6 Å². The molecule has 1 aromatic carbocycles. The van der Waals surface area contributed by atoms with E-state index in [4.69, 9.17) is 0 Å². The van der Waals surface area contributed by atoms with Crippen LogP contribution in [-0.2, 0) is 4.79 Å². The third-order valence-corrected chi connectivity index (χ3v) is 3.01. The molecular weight excluding hydrogens is 254 g/mol. The second kappa shape index (κ2) is 5.77. The molecular formula is C13H14F2N2O2. The van der Waals surface area contributed by atoms with Crippen molar-refractivity contribution < 1.29 is 18.4 Å². The molecule has 0 spiro atoms. The maximum absolute atomic E-state index is 13.4. The first kappa shape index (κ1) is 13.5. The van der Waals surface area contributed by atoms with Crippen molar-refractivity contribution in [1.29, 1.82) is 0 Å². The standard InChI is InChI=1S/C13H14F2N2O2/c14-9-4-1-5-10(15)12(9)13(19)17-8-3-2-6-16-11(18)7-8/h1,4-5,8H,2-3,6-7H2,(H,16,18)(H,17,19). The SMILES string of the molecule is O=C1CC(NC(=O)c2c(F)cccc2F)CCCN1. The van der Waals surface area contributed by atoms with Crippen LogP contribution in [-0.4, -0.2) is 24.4 Å². The summed E-state index contributed by atoms with van der Waals surface area (Å²) in [5.74, 6) is -2.81. The van der Waals surface area contributed by atoms with Gasteiger partial charge in [-0.3, -0.25) is 9.59 Å². The molecule has 6 heteroatoms. The van der Waals surface area contributed by atoms with E-state index in [-0.39, 0.29) is 12.3 Å². The molecule has 1 aliphatic rings. The monoisotopic (exact) mass is 268 g/mol. The van der Waals surface area contributed by atoms with E-state index in [1.54, 1.807) is 0 Å². The van der Waals surface area contributed by atoms with Crippen LogP contribution in [0.2, 0.25) is 0 Å². The molecule has 1 unspecified atom stereocenters. The first-order valence-corrected chi connectivity index (χ1v) is 6.09. The third kappa shape index (κ3) is 3.27. The summed E-state index contributed by atoms with van der Waals surface area (Å²) in [6.07, 6.45) is 1.44. The molecule has 2 amide bonds. The molecule has 0 aliphatic carbocycles.